The second-order valence-electron chi connectivity index (χ2n) is 6.91. The molecule has 1 N–H and O–H groups in total. The molecule has 1 amide bonds. The van der Waals surface area contributed by atoms with Crippen LogP contribution in [-0.4, -0.2) is 15.9 Å². The Morgan fingerprint density at radius 3 is 2.67 bits per heavy atom. The van der Waals surface area contributed by atoms with Gasteiger partial charge in [-0.2, -0.15) is 0 Å². The number of thioether (sulfide) groups is 1. The summed E-state index contributed by atoms with van der Waals surface area (Å²) in [4.78, 5) is 23.9. The molecule has 0 bridgehead atoms. The minimum absolute atomic E-state index is 0.132. The Labute approximate surface area is 188 Å². The van der Waals surface area contributed by atoms with Crippen LogP contribution in [0, 0.1) is 13.8 Å². The number of hydrogen-bond acceptors (Lipinski definition) is 6. The van der Waals surface area contributed by atoms with Gasteiger partial charge in [0.15, 0.2) is 5.13 Å². The fourth-order valence-electron chi connectivity index (χ4n) is 2.94. The number of thiazole rings is 2. The number of carbonyl (C=O) groups excluding carboxylic acids is 1. The van der Waals surface area contributed by atoms with Crippen LogP contribution < -0.4 is 5.32 Å². The van der Waals surface area contributed by atoms with E-state index in [0.29, 0.717) is 10.7 Å². The van der Waals surface area contributed by atoms with E-state index in [0.717, 1.165) is 28.5 Å². The SMILES string of the molecule is Cc1ccc(Cc2sc(NC(=O)c3ccccc3SCc3cscn3)nc2C)cc1. The van der Waals surface area contributed by atoms with Gasteiger partial charge in [0.05, 0.1) is 22.5 Å². The van der Waals surface area contributed by atoms with Crippen molar-refractivity contribution in [3.05, 3.63) is 92.4 Å². The van der Waals surface area contributed by atoms with Crippen LogP contribution in [0.1, 0.15) is 37.7 Å². The number of aryl methyl sites for hydroxylation is 2. The third-order valence-corrected chi connectivity index (χ3v) is 7.40. The zero-order valence-electron chi connectivity index (χ0n) is 16.7. The van der Waals surface area contributed by atoms with E-state index in [1.54, 1.807) is 34.4 Å². The highest BCUT2D eigenvalue weighted by Gasteiger charge is 2.15. The molecule has 4 nitrogen and oxygen atoms in total. The van der Waals surface area contributed by atoms with Crippen molar-refractivity contribution in [3.63, 3.8) is 0 Å². The standard InChI is InChI=1S/C23H21N3OS3/c1-15-7-9-17(10-8-15)11-21-16(2)25-23(30-21)26-22(27)19-5-3-4-6-20(19)29-13-18-12-28-14-24-18/h3-10,12,14H,11,13H2,1-2H3,(H,25,26,27). The Morgan fingerprint density at radius 2 is 1.90 bits per heavy atom. The number of benzene rings is 2. The minimum Gasteiger partial charge on any atom is -0.298 e. The van der Waals surface area contributed by atoms with Gasteiger partial charge in [0.2, 0.25) is 0 Å². The molecular weight excluding hydrogens is 430 g/mol. The van der Waals surface area contributed by atoms with E-state index in [1.165, 1.54) is 16.0 Å². The summed E-state index contributed by atoms with van der Waals surface area (Å²) in [5, 5.41) is 5.66. The van der Waals surface area contributed by atoms with E-state index in [1.807, 2.05) is 42.1 Å². The number of hydrogen-bond donors (Lipinski definition) is 1. The first-order valence-electron chi connectivity index (χ1n) is 9.50. The summed E-state index contributed by atoms with van der Waals surface area (Å²) >= 11 is 4.74. The van der Waals surface area contributed by atoms with E-state index >= 15 is 0 Å². The van der Waals surface area contributed by atoms with Crippen molar-refractivity contribution in [1.29, 1.82) is 0 Å². The Morgan fingerprint density at radius 1 is 1.10 bits per heavy atom. The van der Waals surface area contributed by atoms with Gasteiger partial charge < -0.3 is 0 Å². The first-order valence-corrected chi connectivity index (χ1v) is 12.2. The van der Waals surface area contributed by atoms with Gasteiger partial charge in [-0.15, -0.1) is 34.4 Å². The predicted octanol–water partition coefficient (Wildman–Crippen LogP) is 6.35. The third kappa shape index (κ3) is 5.16. The van der Waals surface area contributed by atoms with Crippen molar-refractivity contribution in [1.82, 2.24) is 9.97 Å². The summed E-state index contributed by atoms with van der Waals surface area (Å²) in [5.41, 5.74) is 6.96. The number of anilines is 1. The Bertz CT molecular complexity index is 1130. The lowest BCUT2D eigenvalue weighted by Gasteiger charge is -2.08. The maximum Gasteiger partial charge on any atom is 0.258 e. The maximum atomic E-state index is 12.9. The van der Waals surface area contributed by atoms with Crippen molar-refractivity contribution in [2.24, 2.45) is 0 Å². The van der Waals surface area contributed by atoms with Gasteiger partial charge in [0, 0.05) is 27.3 Å². The van der Waals surface area contributed by atoms with E-state index in [2.05, 4.69) is 46.5 Å². The van der Waals surface area contributed by atoms with Crippen LogP contribution in [0.5, 0.6) is 0 Å². The molecule has 2 aromatic heterocycles. The smallest absolute Gasteiger partial charge is 0.258 e. The lowest BCUT2D eigenvalue weighted by Crippen LogP contribution is -2.12. The summed E-state index contributed by atoms with van der Waals surface area (Å²) in [6, 6.07) is 16.2. The number of carbonyl (C=O) groups is 1. The average Bonchev–Trinajstić information content (AvgIpc) is 3.38. The lowest BCUT2D eigenvalue weighted by molar-refractivity contribution is 0.102. The van der Waals surface area contributed by atoms with Crippen LogP contribution >= 0.6 is 34.4 Å². The normalized spacial score (nSPS) is 10.9. The fourth-order valence-corrected chi connectivity index (χ4v) is 5.55. The Balaban J connectivity index is 1.46. The summed E-state index contributed by atoms with van der Waals surface area (Å²) in [6.07, 6.45) is 0.819. The Kier molecular flexibility index (Phi) is 6.62. The van der Waals surface area contributed by atoms with Crippen LogP contribution in [0.15, 0.2) is 64.3 Å². The van der Waals surface area contributed by atoms with E-state index in [4.69, 9.17) is 0 Å². The summed E-state index contributed by atoms with van der Waals surface area (Å²) in [7, 11) is 0. The van der Waals surface area contributed by atoms with E-state index in [9.17, 15) is 4.79 Å². The number of amides is 1. The van der Waals surface area contributed by atoms with Crippen LogP contribution in [-0.2, 0) is 12.2 Å². The van der Waals surface area contributed by atoms with Crippen LogP contribution in [0.3, 0.4) is 0 Å². The molecule has 0 saturated carbocycles. The lowest BCUT2D eigenvalue weighted by atomic mass is 10.1. The zero-order chi connectivity index (χ0) is 20.9. The monoisotopic (exact) mass is 451 g/mol. The number of nitrogens with zero attached hydrogens (tertiary/aromatic N) is 2. The molecule has 152 valence electrons. The molecule has 0 aliphatic heterocycles. The molecule has 4 aromatic rings. The van der Waals surface area contributed by atoms with Gasteiger partial charge in [0.1, 0.15) is 0 Å². The van der Waals surface area contributed by atoms with Crippen molar-refractivity contribution in [2.45, 2.75) is 30.9 Å². The number of rotatable bonds is 7. The van der Waals surface area contributed by atoms with Crippen LogP contribution in [0.2, 0.25) is 0 Å². The molecule has 4 rings (SSSR count). The minimum atomic E-state index is -0.132. The number of nitrogens with one attached hydrogen (secondary N) is 1. The molecular formula is C23H21N3OS3. The van der Waals surface area contributed by atoms with Gasteiger partial charge in [-0.3, -0.25) is 10.1 Å². The van der Waals surface area contributed by atoms with Crippen molar-refractivity contribution in [3.8, 4) is 0 Å². The van der Waals surface area contributed by atoms with E-state index in [-0.39, 0.29) is 5.91 Å². The van der Waals surface area contributed by atoms with Crippen molar-refractivity contribution in [2.75, 3.05) is 5.32 Å². The van der Waals surface area contributed by atoms with Crippen molar-refractivity contribution < 1.29 is 4.79 Å². The second kappa shape index (κ2) is 9.55. The van der Waals surface area contributed by atoms with Gasteiger partial charge in [0.25, 0.3) is 5.91 Å². The quantitative estimate of drug-likeness (QED) is 0.333. The maximum absolute atomic E-state index is 12.9. The van der Waals surface area contributed by atoms with Gasteiger partial charge in [-0.05, 0) is 31.5 Å². The first kappa shape index (κ1) is 20.8. The summed E-state index contributed by atoms with van der Waals surface area (Å²) in [6.45, 7) is 4.08. The Hall–Kier alpha value is -2.48. The largest absolute Gasteiger partial charge is 0.298 e. The van der Waals surface area contributed by atoms with Crippen LogP contribution in [0.4, 0.5) is 5.13 Å². The topological polar surface area (TPSA) is 54.9 Å². The average molecular weight is 452 g/mol. The van der Waals surface area contributed by atoms with Gasteiger partial charge in [-0.25, -0.2) is 9.97 Å². The molecule has 0 aliphatic carbocycles. The van der Waals surface area contributed by atoms with Crippen molar-refractivity contribution >= 4 is 45.5 Å². The molecule has 0 radical (unpaired) electrons. The fraction of sp³-hybridized carbons (Fsp3) is 0.174. The molecule has 7 heteroatoms. The molecule has 0 aliphatic rings. The molecule has 0 spiro atoms. The van der Waals surface area contributed by atoms with E-state index < -0.39 is 0 Å². The summed E-state index contributed by atoms with van der Waals surface area (Å²) < 4.78 is 0. The highest BCUT2D eigenvalue weighted by Crippen LogP contribution is 2.29. The molecule has 30 heavy (non-hydrogen) atoms. The molecule has 0 atom stereocenters. The predicted molar refractivity (Wildman–Crippen MR) is 127 cm³/mol. The molecule has 2 aromatic carbocycles. The second-order valence-corrected chi connectivity index (χ2v) is 9.73. The first-order chi connectivity index (χ1) is 14.6. The summed E-state index contributed by atoms with van der Waals surface area (Å²) in [5.74, 6) is 0.609. The zero-order valence-corrected chi connectivity index (χ0v) is 19.2. The molecule has 0 fully saturated rings. The van der Waals surface area contributed by atoms with Gasteiger partial charge >= 0.3 is 0 Å². The molecule has 0 unspecified atom stereocenters. The van der Waals surface area contributed by atoms with Crippen LogP contribution in [0.25, 0.3) is 0 Å². The third-order valence-electron chi connectivity index (χ3n) is 4.59. The molecule has 0 saturated heterocycles. The number of aromatic nitrogens is 2. The highest BCUT2D eigenvalue weighted by molar-refractivity contribution is 7.98. The highest BCUT2D eigenvalue weighted by atomic mass is 32.2. The molecule has 2 heterocycles. The van der Waals surface area contributed by atoms with Gasteiger partial charge in [-0.1, -0.05) is 42.0 Å².